The topological polar surface area (TPSA) is 158 Å². The fourth-order valence-corrected chi connectivity index (χ4v) is 3.63. The number of benzene rings is 1. The van der Waals surface area contributed by atoms with Crippen LogP contribution in [-0.2, 0) is 9.59 Å². The van der Waals surface area contributed by atoms with Crippen molar-refractivity contribution < 1.29 is 34.8 Å². The number of amides is 1. The Morgan fingerprint density at radius 3 is 2.44 bits per heavy atom. The minimum atomic E-state index is -2.71. The van der Waals surface area contributed by atoms with Crippen molar-refractivity contribution in [2.75, 3.05) is 0 Å². The molecule has 1 amide bonds. The number of carbonyl (C=O) groups excluding carboxylic acids is 3. The van der Waals surface area contributed by atoms with E-state index in [1.165, 1.54) is 24.3 Å². The van der Waals surface area contributed by atoms with E-state index >= 15 is 0 Å². The molecule has 4 rings (SSSR count). The van der Waals surface area contributed by atoms with Crippen LogP contribution in [-0.4, -0.2) is 43.5 Å². The Bertz CT molecular complexity index is 1090. The highest BCUT2D eigenvalue weighted by Gasteiger charge is 2.56. The van der Waals surface area contributed by atoms with Crippen molar-refractivity contribution >= 4 is 23.5 Å². The molecule has 0 spiro atoms. The molecule has 0 saturated carbocycles. The lowest BCUT2D eigenvalue weighted by Gasteiger charge is -2.38. The first-order chi connectivity index (χ1) is 12.7. The van der Waals surface area contributed by atoms with Gasteiger partial charge in [0.2, 0.25) is 17.3 Å². The van der Waals surface area contributed by atoms with Crippen LogP contribution in [0.4, 0.5) is 0 Å². The van der Waals surface area contributed by atoms with Crippen LogP contribution in [0.1, 0.15) is 15.9 Å². The average molecular weight is 367 g/mol. The van der Waals surface area contributed by atoms with Crippen molar-refractivity contribution in [3.8, 4) is 5.75 Å². The minimum Gasteiger partial charge on any atom is -0.511 e. The highest BCUT2D eigenvalue weighted by Crippen LogP contribution is 2.46. The molecule has 3 aliphatic rings. The van der Waals surface area contributed by atoms with Crippen LogP contribution in [0.5, 0.6) is 5.75 Å². The van der Waals surface area contributed by atoms with Gasteiger partial charge in [-0.1, -0.05) is 12.1 Å². The number of phenols is 1. The predicted octanol–water partition coefficient (Wildman–Crippen LogP) is 0.581. The van der Waals surface area contributed by atoms with Gasteiger partial charge in [-0.15, -0.1) is 0 Å². The molecule has 1 aromatic rings. The molecule has 3 aliphatic carbocycles. The lowest BCUT2D eigenvalue weighted by molar-refractivity contribution is -0.142. The van der Waals surface area contributed by atoms with Crippen LogP contribution in [0.15, 0.2) is 58.6 Å². The van der Waals surface area contributed by atoms with E-state index in [-0.39, 0.29) is 28.0 Å². The number of hydrogen-bond acceptors (Lipinski definition) is 7. The van der Waals surface area contributed by atoms with Gasteiger partial charge in [0, 0.05) is 5.57 Å². The summed E-state index contributed by atoms with van der Waals surface area (Å²) < 4.78 is 0. The Labute approximate surface area is 151 Å². The highest BCUT2D eigenvalue weighted by atomic mass is 16.3. The van der Waals surface area contributed by atoms with Crippen LogP contribution in [0.25, 0.3) is 6.08 Å². The maximum absolute atomic E-state index is 12.9. The van der Waals surface area contributed by atoms with E-state index in [4.69, 9.17) is 5.73 Å². The zero-order chi connectivity index (χ0) is 19.7. The molecule has 0 radical (unpaired) electrons. The van der Waals surface area contributed by atoms with Gasteiger partial charge in [-0.05, 0) is 35.4 Å². The summed E-state index contributed by atoms with van der Waals surface area (Å²) in [5.74, 6) is -7.09. The number of aliphatic hydroxyl groups is 3. The minimum absolute atomic E-state index is 0.0867. The number of hydrogen-bond donors (Lipinski definition) is 5. The zero-order valence-electron chi connectivity index (χ0n) is 13.6. The molecule has 8 nitrogen and oxygen atoms in total. The van der Waals surface area contributed by atoms with Gasteiger partial charge in [0.05, 0.1) is 11.1 Å². The Balaban J connectivity index is 2.02. The third-order valence-corrected chi connectivity index (χ3v) is 4.94. The summed E-state index contributed by atoms with van der Waals surface area (Å²) in [6.45, 7) is 0. The van der Waals surface area contributed by atoms with E-state index in [0.29, 0.717) is 5.56 Å². The molecule has 0 aliphatic heterocycles. The molecule has 0 saturated heterocycles. The summed E-state index contributed by atoms with van der Waals surface area (Å²) in [7, 11) is 0. The van der Waals surface area contributed by atoms with Gasteiger partial charge in [-0.3, -0.25) is 14.4 Å². The Morgan fingerprint density at radius 1 is 1.07 bits per heavy atom. The van der Waals surface area contributed by atoms with Crippen LogP contribution >= 0.6 is 0 Å². The molecule has 0 heterocycles. The van der Waals surface area contributed by atoms with E-state index in [1.54, 1.807) is 6.07 Å². The quantitative estimate of drug-likeness (QED) is 0.454. The average Bonchev–Trinajstić information content (AvgIpc) is 2.57. The number of phenolic OH excluding ortho intramolecular Hbond substituents is 1. The van der Waals surface area contributed by atoms with Crippen molar-refractivity contribution in [2.45, 2.75) is 5.60 Å². The van der Waals surface area contributed by atoms with Gasteiger partial charge in [0.15, 0.2) is 11.7 Å². The first-order valence-electron chi connectivity index (χ1n) is 7.89. The number of nitrogens with two attached hydrogens (primary N) is 1. The molecule has 2 unspecified atom stereocenters. The summed E-state index contributed by atoms with van der Waals surface area (Å²) >= 11 is 0. The van der Waals surface area contributed by atoms with Gasteiger partial charge < -0.3 is 26.2 Å². The summed E-state index contributed by atoms with van der Waals surface area (Å²) in [4.78, 5) is 37.0. The predicted molar refractivity (Wildman–Crippen MR) is 91.5 cm³/mol. The normalized spacial score (nSPS) is 26.4. The molecular formula is C19H13NO7. The van der Waals surface area contributed by atoms with Crippen molar-refractivity contribution in [2.24, 2.45) is 11.7 Å². The second-order valence-corrected chi connectivity index (χ2v) is 6.47. The van der Waals surface area contributed by atoms with Crippen molar-refractivity contribution in [1.29, 1.82) is 0 Å². The maximum atomic E-state index is 12.9. The summed E-state index contributed by atoms with van der Waals surface area (Å²) in [5.41, 5.74) is 2.31. The van der Waals surface area contributed by atoms with Crippen LogP contribution in [0.2, 0.25) is 0 Å². The molecule has 1 aromatic carbocycles. The fourth-order valence-electron chi connectivity index (χ4n) is 3.63. The third-order valence-electron chi connectivity index (χ3n) is 4.94. The van der Waals surface area contributed by atoms with E-state index in [1.807, 2.05) is 0 Å². The van der Waals surface area contributed by atoms with E-state index in [0.717, 1.165) is 6.08 Å². The summed E-state index contributed by atoms with van der Waals surface area (Å²) in [5, 5.41) is 41.5. The van der Waals surface area contributed by atoms with E-state index in [9.17, 15) is 34.8 Å². The Hall–Kier alpha value is -3.65. The molecule has 0 bridgehead atoms. The molecule has 8 heteroatoms. The number of rotatable bonds is 1. The number of aliphatic hydroxyl groups excluding tert-OH is 2. The maximum Gasteiger partial charge on any atom is 0.235 e. The number of primary amides is 1. The molecule has 0 aromatic heterocycles. The van der Waals surface area contributed by atoms with E-state index in [2.05, 4.69) is 0 Å². The number of Topliss-reactive ketones (excluding diaryl/α,β-unsaturated/α-hetero) is 2. The molecule has 2 atom stereocenters. The lowest BCUT2D eigenvalue weighted by atomic mass is 9.68. The Morgan fingerprint density at radius 2 is 1.78 bits per heavy atom. The number of fused-ring (bicyclic) bond motifs is 3. The van der Waals surface area contributed by atoms with Crippen molar-refractivity contribution in [3.05, 3.63) is 69.7 Å². The van der Waals surface area contributed by atoms with Gasteiger partial charge in [0.1, 0.15) is 17.3 Å². The SMILES string of the molecule is NC(=O)C1C(=O)C2(O)C(=CC3=Cc4cccc(O)c4C(=O)C3=C2O)C=C1O. The number of carbonyl (C=O) groups is 3. The first kappa shape index (κ1) is 16.8. The molecular weight excluding hydrogens is 354 g/mol. The fraction of sp³-hybridized carbons (Fsp3) is 0.105. The third kappa shape index (κ3) is 1.98. The van der Waals surface area contributed by atoms with E-state index < -0.39 is 40.5 Å². The zero-order valence-corrected chi connectivity index (χ0v) is 13.6. The molecule has 136 valence electrons. The largest absolute Gasteiger partial charge is 0.511 e. The second-order valence-electron chi connectivity index (χ2n) is 6.47. The Kier molecular flexibility index (Phi) is 3.22. The van der Waals surface area contributed by atoms with Gasteiger partial charge in [-0.2, -0.15) is 0 Å². The van der Waals surface area contributed by atoms with Crippen molar-refractivity contribution in [3.63, 3.8) is 0 Å². The van der Waals surface area contributed by atoms with Crippen molar-refractivity contribution in [1.82, 2.24) is 0 Å². The van der Waals surface area contributed by atoms with Gasteiger partial charge in [-0.25, -0.2) is 0 Å². The number of allylic oxidation sites excluding steroid dienone is 3. The second kappa shape index (κ2) is 5.18. The smallest absolute Gasteiger partial charge is 0.235 e. The molecule has 6 N–H and O–H groups in total. The molecule has 27 heavy (non-hydrogen) atoms. The number of ketones is 2. The molecule has 0 fully saturated rings. The standard InChI is InChI=1S/C19H13NO7/c20-18(26)14-11(22)6-9-5-8-4-7-2-1-3-10(21)12(7)15(23)13(8)16(24)19(9,27)17(14)25/h1-6,14,21-22,24,27H,(H2,20,26). The lowest BCUT2D eigenvalue weighted by Crippen LogP contribution is -2.54. The van der Waals surface area contributed by atoms with Crippen LogP contribution < -0.4 is 5.73 Å². The van der Waals surface area contributed by atoms with Crippen LogP contribution in [0.3, 0.4) is 0 Å². The van der Waals surface area contributed by atoms with Gasteiger partial charge in [0.25, 0.3) is 0 Å². The monoisotopic (exact) mass is 367 g/mol. The summed E-state index contributed by atoms with van der Waals surface area (Å²) in [6, 6.07) is 4.41. The first-order valence-corrected chi connectivity index (χ1v) is 7.89. The highest BCUT2D eigenvalue weighted by molar-refractivity contribution is 6.21. The summed E-state index contributed by atoms with van der Waals surface area (Å²) in [6.07, 6.45) is 3.71. The number of aromatic hydroxyl groups is 1. The van der Waals surface area contributed by atoms with Gasteiger partial charge >= 0.3 is 0 Å². The van der Waals surface area contributed by atoms with Crippen LogP contribution in [0, 0.1) is 5.92 Å².